The number of benzene rings is 1. The Morgan fingerprint density at radius 2 is 2.00 bits per heavy atom. The molecular weight excluding hydrogens is 282 g/mol. The fraction of sp³-hybridized carbons (Fsp3) is 0.333. The monoisotopic (exact) mass is 301 g/mol. The molecular formula is C15H19N5O2. The summed E-state index contributed by atoms with van der Waals surface area (Å²) < 4.78 is 1.69. The van der Waals surface area contributed by atoms with Gasteiger partial charge in [-0.3, -0.25) is 14.3 Å². The molecule has 0 aliphatic rings. The molecule has 0 bridgehead atoms. The molecule has 0 saturated carbocycles. The Morgan fingerprint density at radius 3 is 2.59 bits per heavy atom. The molecule has 0 aliphatic carbocycles. The predicted molar refractivity (Wildman–Crippen MR) is 83.4 cm³/mol. The van der Waals surface area contributed by atoms with Crippen molar-refractivity contribution in [3.05, 3.63) is 36.9 Å². The first-order chi connectivity index (χ1) is 10.6. The number of carbonyl (C=O) groups excluding carboxylic acids is 2. The van der Waals surface area contributed by atoms with Crippen LogP contribution in [0.4, 0.5) is 11.4 Å². The van der Waals surface area contributed by atoms with E-state index < -0.39 is 0 Å². The molecule has 1 N–H and O–H groups in total. The van der Waals surface area contributed by atoms with E-state index in [1.807, 2.05) is 0 Å². The Labute approximate surface area is 129 Å². The first kappa shape index (κ1) is 15.7. The van der Waals surface area contributed by atoms with Crippen molar-refractivity contribution in [3.8, 4) is 0 Å². The van der Waals surface area contributed by atoms with Crippen molar-refractivity contribution in [1.29, 1.82) is 0 Å². The van der Waals surface area contributed by atoms with Gasteiger partial charge >= 0.3 is 0 Å². The zero-order chi connectivity index (χ0) is 15.9. The number of hydrogen-bond acceptors (Lipinski definition) is 4. The minimum absolute atomic E-state index is 0.0371. The van der Waals surface area contributed by atoms with Crippen LogP contribution in [0.5, 0.6) is 0 Å². The van der Waals surface area contributed by atoms with Crippen LogP contribution in [-0.4, -0.2) is 33.6 Å². The van der Waals surface area contributed by atoms with Gasteiger partial charge in [-0.15, -0.1) is 0 Å². The van der Waals surface area contributed by atoms with Gasteiger partial charge in [-0.2, -0.15) is 5.10 Å². The number of aryl methyl sites for hydroxylation is 1. The van der Waals surface area contributed by atoms with Crippen LogP contribution in [0.1, 0.15) is 19.8 Å². The van der Waals surface area contributed by atoms with E-state index in [-0.39, 0.29) is 11.8 Å². The molecule has 2 aromatic rings. The molecule has 0 spiro atoms. The lowest BCUT2D eigenvalue weighted by Gasteiger charge is -2.15. The first-order valence-corrected chi connectivity index (χ1v) is 7.03. The molecule has 2 rings (SSSR count). The Morgan fingerprint density at radius 1 is 1.27 bits per heavy atom. The van der Waals surface area contributed by atoms with E-state index in [9.17, 15) is 9.59 Å². The van der Waals surface area contributed by atoms with E-state index in [0.717, 1.165) is 5.69 Å². The SMILES string of the molecule is CC(=O)N(C)c1ccc(NC(=O)CCCn2cncn2)cc1. The van der Waals surface area contributed by atoms with Crippen molar-refractivity contribution >= 4 is 23.2 Å². The van der Waals surface area contributed by atoms with Gasteiger partial charge in [0.2, 0.25) is 11.8 Å². The van der Waals surface area contributed by atoms with E-state index in [1.54, 1.807) is 47.2 Å². The highest BCUT2D eigenvalue weighted by Gasteiger charge is 2.06. The van der Waals surface area contributed by atoms with Gasteiger partial charge in [0.1, 0.15) is 12.7 Å². The molecule has 1 heterocycles. The van der Waals surface area contributed by atoms with Crippen LogP contribution in [0.25, 0.3) is 0 Å². The number of rotatable bonds is 6. The minimum atomic E-state index is -0.0483. The molecule has 0 radical (unpaired) electrons. The van der Waals surface area contributed by atoms with Gasteiger partial charge in [-0.25, -0.2) is 4.98 Å². The van der Waals surface area contributed by atoms with E-state index in [1.165, 1.54) is 13.3 Å². The quantitative estimate of drug-likeness (QED) is 0.880. The second-order valence-electron chi connectivity index (χ2n) is 4.94. The lowest BCUT2D eigenvalue weighted by molar-refractivity contribution is -0.117. The van der Waals surface area contributed by atoms with Gasteiger partial charge in [0.25, 0.3) is 0 Å². The predicted octanol–water partition coefficient (Wildman–Crippen LogP) is 1.68. The number of nitrogens with one attached hydrogen (secondary N) is 1. The second kappa shape index (κ2) is 7.35. The van der Waals surface area contributed by atoms with E-state index in [4.69, 9.17) is 0 Å². The fourth-order valence-electron chi connectivity index (χ4n) is 1.92. The molecule has 1 aromatic carbocycles. The maximum atomic E-state index is 11.8. The number of hydrogen-bond donors (Lipinski definition) is 1. The maximum Gasteiger partial charge on any atom is 0.224 e. The highest BCUT2D eigenvalue weighted by atomic mass is 16.2. The Hall–Kier alpha value is -2.70. The summed E-state index contributed by atoms with van der Waals surface area (Å²) >= 11 is 0. The number of aromatic nitrogens is 3. The highest BCUT2D eigenvalue weighted by Crippen LogP contribution is 2.17. The normalized spacial score (nSPS) is 10.3. The van der Waals surface area contributed by atoms with Crippen LogP contribution in [0.2, 0.25) is 0 Å². The third-order valence-corrected chi connectivity index (χ3v) is 3.27. The molecule has 0 saturated heterocycles. The molecule has 7 heteroatoms. The first-order valence-electron chi connectivity index (χ1n) is 7.03. The summed E-state index contributed by atoms with van der Waals surface area (Å²) in [6.07, 6.45) is 4.21. The average molecular weight is 301 g/mol. The Kier molecular flexibility index (Phi) is 5.24. The molecule has 2 amide bonds. The molecule has 1 aromatic heterocycles. The fourth-order valence-corrected chi connectivity index (χ4v) is 1.92. The van der Waals surface area contributed by atoms with Gasteiger partial charge in [0.15, 0.2) is 0 Å². The van der Waals surface area contributed by atoms with Crippen molar-refractivity contribution < 1.29 is 9.59 Å². The summed E-state index contributed by atoms with van der Waals surface area (Å²) in [5, 5.41) is 6.81. The van der Waals surface area contributed by atoms with Crippen molar-refractivity contribution in [2.45, 2.75) is 26.3 Å². The molecule has 0 atom stereocenters. The third-order valence-electron chi connectivity index (χ3n) is 3.27. The number of anilines is 2. The van der Waals surface area contributed by atoms with Gasteiger partial charge in [-0.05, 0) is 30.7 Å². The number of amides is 2. The number of carbonyl (C=O) groups is 2. The van der Waals surface area contributed by atoms with E-state index >= 15 is 0 Å². The van der Waals surface area contributed by atoms with Crippen LogP contribution < -0.4 is 10.2 Å². The maximum absolute atomic E-state index is 11.8. The lowest BCUT2D eigenvalue weighted by atomic mass is 10.2. The van der Waals surface area contributed by atoms with Crippen LogP contribution in [0, 0.1) is 0 Å². The van der Waals surface area contributed by atoms with Crippen LogP contribution in [0.3, 0.4) is 0 Å². The molecule has 0 unspecified atom stereocenters. The standard InChI is InChI=1S/C15H19N5O2/c1-12(21)19(2)14-7-5-13(6-8-14)18-15(22)4-3-9-20-11-16-10-17-20/h5-8,10-11H,3-4,9H2,1-2H3,(H,18,22). The van der Waals surface area contributed by atoms with Crippen LogP contribution >= 0.6 is 0 Å². The van der Waals surface area contributed by atoms with Gasteiger partial charge in [-0.1, -0.05) is 0 Å². The van der Waals surface area contributed by atoms with Crippen LogP contribution in [-0.2, 0) is 16.1 Å². The molecule has 22 heavy (non-hydrogen) atoms. The minimum Gasteiger partial charge on any atom is -0.326 e. The summed E-state index contributed by atoms with van der Waals surface area (Å²) in [7, 11) is 1.71. The molecule has 7 nitrogen and oxygen atoms in total. The van der Waals surface area contributed by atoms with E-state index in [2.05, 4.69) is 15.4 Å². The van der Waals surface area contributed by atoms with Crippen LogP contribution in [0.15, 0.2) is 36.9 Å². The van der Waals surface area contributed by atoms with Crippen molar-refractivity contribution in [2.24, 2.45) is 0 Å². The Bertz CT molecular complexity index is 622. The summed E-state index contributed by atoms with van der Waals surface area (Å²) in [5.41, 5.74) is 1.50. The topological polar surface area (TPSA) is 80.1 Å². The lowest BCUT2D eigenvalue weighted by Crippen LogP contribution is -2.22. The Balaban J connectivity index is 1.80. The van der Waals surface area contributed by atoms with E-state index in [0.29, 0.717) is 25.1 Å². The summed E-state index contributed by atoms with van der Waals surface area (Å²) in [6.45, 7) is 2.17. The van der Waals surface area contributed by atoms with Crippen molar-refractivity contribution in [1.82, 2.24) is 14.8 Å². The van der Waals surface area contributed by atoms with Gasteiger partial charge in [0, 0.05) is 38.3 Å². The molecule has 116 valence electrons. The average Bonchev–Trinajstić information content (AvgIpc) is 3.00. The second-order valence-corrected chi connectivity index (χ2v) is 4.94. The van der Waals surface area contributed by atoms with Crippen molar-refractivity contribution in [3.63, 3.8) is 0 Å². The molecule has 0 fully saturated rings. The number of nitrogens with zero attached hydrogens (tertiary/aromatic N) is 4. The molecule has 0 aliphatic heterocycles. The zero-order valence-corrected chi connectivity index (χ0v) is 12.7. The van der Waals surface area contributed by atoms with Gasteiger partial charge in [0.05, 0.1) is 0 Å². The van der Waals surface area contributed by atoms with Gasteiger partial charge < -0.3 is 10.2 Å². The van der Waals surface area contributed by atoms with Crippen molar-refractivity contribution in [2.75, 3.05) is 17.3 Å². The zero-order valence-electron chi connectivity index (χ0n) is 12.7. The summed E-state index contributed by atoms with van der Waals surface area (Å²) in [4.78, 5) is 28.5. The highest BCUT2D eigenvalue weighted by molar-refractivity contribution is 5.93. The largest absolute Gasteiger partial charge is 0.326 e. The summed E-state index contributed by atoms with van der Waals surface area (Å²) in [6, 6.07) is 7.16. The smallest absolute Gasteiger partial charge is 0.224 e. The third kappa shape index (κ3) is 4.41. The summed E-state index contributed by atoms with van der Waals surface area (Å²) in [5.74, 6) is -0.0855.